The van der Waals surface area contributed by atoms with E-state index in [2.05, 4.69) is 38.0 Å². The highest BCUT2D eigenvalue weighted by atomic mass is 32.2. The van der Waals surface area contributed by atoms with E-state index < -0.39 is 0 Å². The molecule has 2 amide bonds. The quantitative estimate of drug-likeness (QED) is 0.0473. The zero-order valence-electron chi connectivity index (χ0n) is 36.2. The Morgan fingerprint density at radius 3 is 1.67 bits per heavy atom. The lowest BCUT2D eigenvalue weighted by Crippen LogP contribution is -2.41. The van der Waals surface area contributed by atoms with Gasteiger partial charge in [-0.2, -0.15) is 0 Å². The van der Waals surface area contributed by atoms with Gasteiger partial charge in [-0.1, -0.05) is 39.3 Å². The van der Waals surface area contributed by atoms with Gasteiger partial charge in [0, 0.05) is 43.1 Å². The van der Waals surface area contributed by atoms with Gasteiger partial charge in [-0.15, -0.1) is 52.1 Å². The molecule has 13 nitrogen and oxygen atoms in total. The molecule has 2 aromatic carbocycles. The fraction of sp³-hybridized carbons (Fsp3) is 0.628. The maximum atomic E-state index is 13.8. The Morgan fingerprint density at radius 2 is 1.18 bits per heavy atom. The Morgan fingerprint density at radius 1 is 0.700 bits per heavy atom. The van der Waals surface area contributed by atoms with Crippen LogP contribution in [-0.4, -0.2) is 115 Å². The van der Waals surface area contributed by atoms with Gasteiger partial charge in [-0.25, -0.2) is 0 Å². The first-order valence-electron chi connectivity index (χ1n) is 21.4. The first-order chi connectivity index (χ1) is 29.2. The number of ether oxygens (including phenoxy) is 4. The zero-order chi connectivity index (χ0) is 43.0. The summed E-state index contributed by atoms with van der Waals surface area (Å²) in [5.41, 5.74) is 15.3. The Hall–Kier alpha value is -3.28. The predicted molar refractivity (Wildman–Crippen MR) is 251 cm³/mol. The third-order valence-electron chi connectivity index (χ3n) is 10.7. The molecule has 2 aliphatic heterocycles. The van der Waals surface area contributed by atoms with E-state index in [4.69, 9.17) is 30.4 Å². The van der Waals surface area contributed by atoms with Gasteiger partial charge in [0.1, 0.15) is 12.3 Å². The van der Waals surface area contributed by atoms with E-state index in [0.29, 0.717) is 67.0 Å². The number of nitrogens with two attached hydrogens (primary N) is 2. The molecule has 0 saturated carbocycles. The number of aryl methyl sites for hydroxylation is 1. The second-order valence-corrected chi connectivity index (χ2v) is 21.0. The number of benzene rings is 2. The van der Waals surface area contributed by atoms with Crippen LogP contribution in [0.25, 0.3) is 0 Å². The third-order valence-corrected chi connectivity index (χ3v) is 16.2. The van der Waals surface area contributed by atoms with Crippen LogP contribution in [0.4, 0.5) is 11.4 Å². The number of rotatable bonds is 25. The van der Waals surface area contributed by atoms with Gasteiger partial charge >= 0.3 is 0 Å². The van der Waals surface area contributed by atoms with Crippen LogP contribution in [0.3, 0.4) is 0 Å². The van der Waals surface area contributed by atoms with Gasteiger partial charge in [0.2, 0.25) is 0 Å². The number of aromatic nitrogens is 3. The molecule has 5 rings (SSSR count). The number of hydrogen-bond donors (Lipinski definition) is 2. The van der Waals surface area contributed by atoms with Crippen molar-refractivity contribution in [3.8, 4) is 23.0 Å². The molecule has 0 aliphatic carbocycles. The summed E-state index contributed by atoms with van der Waals surface area (Å²) < 4.78 is 26.0. The van der Waals surface area contributed by atoms with Crippen LogP contribution in [0.2, 0.25) is 0 Å². The SMILES string of the molecule is CCSC(SCC)[C@@H]1CCCN1C(=O)c1cc(OC)c(OCCCCCCn2cc(COc3cc(N)c(C(=O)N4CCC[C@H]4C(SCC)SCC)cc3OC)nn2)cc1N. The van der Waals surface area contributed by atoms with E-state index in [-0.39, 0.29) is 30.5 Å². The van der Waals surface area contributed by atoms with E-state index in [1.54, 1.807) is 38.5 Å². The summed E-state index contributed by atoms with van der Waals surface area (Å²) in [6.07, 6.45) is 9.60. The minimum absolute atomic E-state index is 0.0396. The van der Waals surface area contributed by atoms with Crippen molar-refractivity contribution in [2.45, 2.75) is 113 Å². The van der Waals surface area contributed by atoms with Crippen molar-refractivity contribution in [2.24, 2.45) is 0 Å². The minimum Gasteiger partial charge on any atom is -0.493 e. The van der Waals surface area contributed by atoms with Crippen molar-refractivity contribution in [1.82, 2.24) is 24.8 Å². The Bertz CT molecular complexity index is 1820. The summed E-state index contributed by atoms with van der Waals surface area (Å²) in [5.74, 6) is 5.91. The van der Waals surface area contributed by atoms with Crippen LogP contribution in [0, 0.1) is 0 Å². The molecule has 17 heteroatoms. The average Bonchev–Trinajstić information content (AvgIpc) is 4.04. The van der Waals surface area contributed by atoms with Gasteiger partial charge in [0.25, 0.3) is 11.8 Å². The fourth-order valence-corrected chi connectivity index (χ4v) is 13.5. The zero-order valence-corrected chi connectivity index (χ0v) is 39.5. The predicted octanol–water partition coefficient (Wildman–Crippen LogP) is 8.55. The van der Waals surface area contributed by atoms with Gasteiger partial charge in [-0.05, 0) is 80.1 Å². The van der Waals surface area contributed by atoms with Crippen LogP contribution >= 0.6 is 47.0 Å². The third kappa shape index (κ3) is 12.4. The van der Waals surface area contributed by atoms with Crippen molar-refractivity contribution in [3.63, 3.8) is 0 Å². The highest BCUT2D eigenvalue weighted by Crippen LogP contribution is 2.40. The standard InChI is InChI=1S/C43H65N7O6S4/c1-7-57-42(58-8-2)34-17-15-20-49(34)40(51)30-23-36(53-5)38(25-32(30)44)55-22-14-12-11-13-19-48-27-29(46-47-48)28-56-39-26-33(45)31(24-37(39)54-6)41(52)50-21-16-18-35(50)43(59-9-3)60-10-4/h23-27,34-35,42-43H,7-22,28,44-45H2,1-6H3/t34-,35-/m0/s1. The van der Waals surface area contributed by atoms with Gasteiger partial charge in [-0.3, -0.25) is 14.3 Å². The molecule has 2 aliphatic rings. The molecule has 2 saturated heterocycles. The number of carbonyl (C=O) groups excluding carboxylic acids is 2. The summed E-state index contributed by atoms with van der Waals surface area (Å²) in [4.78, 5) is 31.6. The average molecular weight is 904 g/mol. The molecule has 3 heterocycles. The van der Waals surface area contributed by atoms with E-state index in [0.717, 1.165) is 94.0 Å². The summed E-state index contributed by atoms with van der Waals surface area (Å²) in [5, 5.41) is 8.59. The number of carbonyl (C=O) groups is 2. The van der Waals surface area contributed by atoms with E-state index in [1.165, 1.54) is 0 Å². The summed E-state index contributed by atoms with van der Waals surface area (Å²) in [7, 11) is 3.15. The molecule has 332 valence electrons. The topological polar surface area (TPSA) is 160 Å². The summed E-state index contributed by atoms with van der Waals surface area (Å²) in [6, 6.07) is 7.19. The van der Waals surface area contributed by atoms with Crippen molar-refractivity contribution in [1.29, 1.82) is 0 Å². The maximum absolute atomic E-state index is 13.8. The smallest absolute Gasteiger partial charge is 0.256 e. The molecule has 2 fully saturated rings. The number of nitrogens with zero attached hydrogens (tertiary/aromatic N) is 5. The van der Waals surface area contributed by atoms with Crippen molar-refractivity contribution < 1.29 is 28.5 Å². The summed E-state index contributed by atoms with van der Waals surface area (Å²) >= 11 is 7.65. The molecular formula is C43H65N7O6S4. The van der Waals surface area contributed by atoms with Crippen LogP contribution in [0.15, 0.2) is 30.5 Å². The lowest BCUT2D eigenvalue weighted by Gasteiger charge is -2.31. The van der Waals surface area contributed by atoms with Crippen LogP contribution in [0.1, 0.15) is 105 Å². The highest BCUT2D eigenvalue weighted by Gasteiger charge is 2.37. The molecule has 0 bridgehead atoms. The number of methoxy groups -OCH3 is 2. The molecule has 2 atom stereocenters. The first-order valence-corrected chi connectivity index (χ1v) is 25.5. The lowest BCUT2D eigenvalue weighted by atomic mass is 10.1. The van der Waals surface area contributed by atoms with Crippen molar-refractivity contribution >= 4 is 70.2 Å². The first kappa shape index (κ1) is 47.8. The van der Waals surface area contributed by atoms with Crippen LogP contribution in [-0.2, 0) is 13.2 Å². The monoisotopic (exact) mass is 903 g/mol. The minimum atomic E-state index is -0.0642. The summed E-state index contributed by atoms with van der Waals surface area (Å²) in [6.45, 7) is 11.5. The largest absolute Gasteiger partial charge is 0.493 e. The Balaban J connectivity index is 1.06. The van der Waals surface area contributed by atoms with E-state index >= 15 is 0 Å². The number of nitrogen functional groups attached to an aromatic ring is 2. The Labute approximate surface area is 373 Å². The second kappa shape index (κ2) is 24.4. The number of hydrogen-bond acceptors (Lipinski definition) is 14. The molecule has 3 aromatic rings. The van der Waals surface area contributed by atoms with Crippen LogP contribution in [0.5, 0.6) is 23.0 Å². The lowest BCUT2D eigenvalue weighted by molar-refractivity contribution is 0.0738. The number of thioether (sulfide) groups is 4. The van der Waals surface area contributed by atoms with Gasteiger partial charge in [0.05, 0.1) is 59.4 Å². The fourth-order valence-electron chi connectivity index (χ4n) is 7.81. The molecule has 0 radical (unpaired) electrons. The molecule has 0 unspecified atom stereocenters. The normalized spacial score (nSPS) is 16.6. The number of unbranched alkanes of at least 4 members (excludes halogenated alkanes) is 3. The van der Waals surface area contributed by atoms with Crippen molar-refractivity contribution in [2.75, 3.05) is 68.4 Å². The van der Waals surface area contributed by atoms with E-state index in [9.17, 15) is 9.59 Å². The molecule has 60 heavy (non-hydrogen) atoms. The number of anilines is 2. The van der Waals surface area contributed by atoms with E-state index in [1.807, 2.05) is 67.7 Å². The molecule has 0 spiro atoms. The Kier molecular flexibility index (Phi) is 19.4. The highest BCUT2D eigenvalue weighted by molar-refractivity contribution is 8.17. The molecule has 4 N–H and O–H groups in total. The molecular weight excluding hydrogens is 839 g/mol. The molecule has 1 aromatic heterocycles. The van der Waals surface area contributed by atoms with Gasteiger partial charge < -0.3 is 40.2 Å². The van der Waals surface area contributed by atoms with Gasteiger partial charge in [0.15, 0.2) is 23.0 Å². The van der Waals surface area contributed by atoms with Crippen molar-refractivity contribution in [3.05, 3.63) is 47.3 Å². The number of likely N-dealkylation sites (tertiary alicyclic amines) is 2. The second-order valence-electron chi connectivity index (χ2n) is 14.7. The van der Waals surface area contributed by atoms with Crippen LogP contribution < -0.4 is 30.4 Å². The maximum Gasteiger partial charge on any atom is 0.256 e. The number of amides is 2.